The topological polar surface area (TPSA) is 83.9 Å². The van der Waals surface area contributed by atoms with Crippen molar-refractivity contribution in [3.05, 3.63) is 0 Å². The quantitative estimate of drug-likeness (QED) is 0.701. The van der Waals surface area contributed by atoms with E-state index in [0.717, 1.165) is 6.42 Å². The number of ether oxygens (including phenoxy) is 1. The molecule has 0 saturated carbocycles. The van der Waals surface area contributed by atoms with Crippen LogP contribution in [-0.2, 0) is 19.6 Å². The molecule has 0 aromatic rings. The second-order valence-electron chi connectivity index (χ2n) is 4.49. The maximum Gasteiger partial charge on any atom is 0.303 e. The van der Waals surface area contributed by atoms with Crippen LogP contribution < -0.4 is 0 Å². The number of sulfonamides is 1. The van der Waals surface area contributed by atoms with Crippen LogP contribution in [0.25, 0.3) is 0 Å². The van der Waals surface area contributed by atoms with Gasteiger partial charge in [0.2, 0.25) is 10.0 Å². The monoisotopic (exact) mass is 279 g/mol. The lowest BCUT2D eigenvalue weighted by molar-refractivity contribution is -0.137. The lowest BCUT2D eigenvalue weighted by Crippen LogP contribution is -2.37. The molecule has 1 unspecified atom stereocenters. The fourth-order valence-corrected chi connectivity index (χ4v) is 3.59. The number of carboxylic acid groups (broad SMARTS) is 1. The Morgan fingerprint density at radius 3 is 2.72 bits per heavy atom. The third-order valence-corrected chi connectivity index (χ3v) is 5.02. The van der Waals surface area contributed by atoms with E-state index in [0.29, 0.717) is 26.3 Å². The van der Waals surface area contributed by atoms with E-state index in [9.17, 15) is 13.2 Å². The molecule has 106 valence electrons. The molecule has 0 spiro atoms. The number of hydrogen-bond donors (Lipinski definition) is 1. The Morgan fingerprint density at radius 1 is 1.50 bits per heavy atom. The highest BCUT2D eigenvalue weighted by molar-refractivity contribution is 7.89. The normalized spacial score (nSPS) is 20.4. The van der Waals surface area contributed by atoms with E-state index in [1.807, 2.05) is 0 Å². The summed E-state index contributed by atoms with van der Waals surface area (Å²) in [7, 11) is -3.34. The Kier molecular flexibility index (Phi) is 6.04. The zero-order valence-electron chi connectivity index (χ0n) is 10.7. The Labute approximate surface area is 108 Å². The molecule has 1 heterocycles. The Hall–Kier alpha value is -0.660. The fraction of sp³-hybridized carbons (Fsp3) is 0.909. The van der Waals surface area contributed by atoms with Crippen LogP contribution in [0, 0.1) is 5.92 Å². The van der Waals surface area contributed by atoms with Gasteiger partial charge in [-0.15, -0.1) is 0 Å². The minimum absolute atomic E-state index is 0.0965. The first-order chi connectivity index (χ1) is 8.45. The molecular formula is C11H21NO5S. The smallest absolute Gasteiger partial charge is 0.303 e. The van der Waals surface area contributed by atoms with Gasteiger partial charge in [0.1, 0.15) is 0 Å². The molecule has 1 saturated heterocycles. The molecule has 1 aliphatic heterocycles. The van der Waals surface area contributed by atoms with Crippen LogP contribution in [0.4, 0.5) is 0 Å². The van der Waals surface area contributed by atoms with Gasteiger partial charge in [-0.2, -0.15) is 0 Å². The number of hydrogen-bond acceptors (Lipinski definition) is 4. The van der Waals surface area contributed by atoms with E-state index < -0.39 is 16.0 Å². The maximum atomic E-state index is 12.0. The molecule has 0 amide bonds. The van der Waals surface area contributed by atoms with Gasteiger partial charge in [0.05, 0.1) is 12.4 Å². The predicted octanol–water partition coefficient (Wildman–Crippen LogP) is 0.539. The van der Waals surface area contributed by atoms with Crippen LogP contribution in [0.5, 0.6) is 0 Å². The highest BCUT2D eigenvalue weighted by atomic mass is 32.2. The summed E-state index contributed by atoms with van der Waals surface area (Å²) < 4.78 is 30.7. The molecular weight excluding hydrogens is 258 g/mol. The van der Waals surface area contributed by atoms with Gasteiger partial charge in [-0.05, 0) is 18.8 Å². The summed E-state index contributed by atoms with van der Waals surface area (Å²) in [6, 6.07) is 0. The summed E-state index contributed by atoms with van der Waals surface area (Å²) in [6.45, 7) is 4.00. The van der Waals surface area contributed by atoms with E-state index in [1.165, 1.54) is 4.31 Å². The van der Waals surface area contributed by atoms with Crippen LogP contribution in [0.3, 0.4) is 0 Å². The summed E-state index contributed by atoms with van der Waals surface area (Å²) in [5.74, 6) is -0.794. The third-order valence-electron chi connectivity index (χ3n) is 3.02. The standard InChI is InChI=1S/C11H21NO5S/c1-2-12(8-10-5-6-17-9-10)18(15,16)7-3-4-11(13)14/h10H,2-9H2,1H3,(H,13,14). The highest BCUT2D eigenvalue weighted by Crippen LogP contribution is 2.16. The molecule has 0 bridgehead atoms. The van der Waals surface area contributed by atoms with Crippen LogP contribution >= 0.6 is 0 Å². The van der Waals surface area contributed by atoms with Crippen LogP contribution in [0.2, 0.25) is 0 Å². The zero-order chi connectivity index (χ0) is 13.6. The van der Waals surface area contributed by atoms with E-state index in [2.05, 4.69) is 0 Å². The molecule has 1 aliphatic rings. The number of rotatable bonds is 8. The Morgan fingerprint density at radius 2 is 2.22 bits per heavy atom. The summed E-state index contributed by atoms with van der Waals surface area (Å²) in [5.41, 5.74) is 0. The van der Waals surface area contributed by atoms with Gasteiger partial charge in [0.15, 0.2) is 0 Å². The van der Waals surface area contributed by atoms with Crippen LogP contribution in [-0.4, -0.2) is 55.9 Å². The van der Waals surface area contributed by atoms with E-state index in [1.54, 1.807) is 6.92 Å². The minimum Gasteiger partial charge on any atom is -0.481 e. The molecule has 6 nitrogen and oxygen atoms in total. The van der Waals surface area contributed by atoms with Crippen molar-refractivity contribution in [2.75, 3.05) is 32.1 Å². The van der Waals surface area contributed by atoms with Gasteiger partial charge in [0.25, 0.3) is 0 Å². The van der Waals surface area contributed by atoms with Gasteiger partial charge in [-0.1, -0.05) is 6.92 Å². The van der Waals surface area contributed by atoms with Crippen molar-refractivity contribution in [2.24, 2.45) is 5.92 Å². The molecule has 18 heavy (non-hydrogen) atoms. The van der Waals surface area contributed by atoms with Crippen molar-refractivity contribution in [3.8, 4) is 0 Å². The Bertz CT molecular complexity index is 362. The highest BCUT2D eigenvalue weighted by Gasteiger charge is 2.26. The SMILES string of the molecule is CCN(CC1CCOC1)S(=O)(=O)CCCC(=O)O. The molecule has 1 atom stereocenters. The second-order valence-corrected chi connectivity index (χ2v) is 6.58. The average molecular weight is 279 g/mol. The average Bonchev–Trinajstić information content (AvgIpc) is 2.77. The molecule has 1 N–H and O–H groups in total. The first kappa shape index (κ1) is 15.4. The van der Waals surface area contributed by atoms with Gasteiger partial charge in [0, 0.05) is 26.1 Å². The first-order valence-electron chi connectivity index (χ1n) is 6.23. The van der Waals surface area contributed by atoms with Gasteiger partial charge >= 0.3 is 5.97 Å². The summed E-state index contributed by atoms with van der Waals surface area (Å²) >= 11 is 0. The summed E-state index contributed by atoms with van der Waals surface area (Å²) in [6.07, 6.45) is 0.944. The van der Waals surface area contributed by atoms with Crippen molar-refractivity contribution < 1.29 is 23.1 Å². The van der Waals surface area contributed by atoms with Crippen molar-refractivity contribution in [3.63, 3.8) is 0 Å². The molecule has 0 aliphatic carbocycles. The molecule has 0 aromatic carbocycles. The molecule has 1 fully saturated rings. The number of aliphatic carboxylic acids is 1. The van der Waals surface area contributed by atoms with E-state index >= 15 is 0 Å². The van der Waals surface area contributed by atoms with Gasteiger partial charge in [-0.3, -0.25) is 4.79 Å². The van der Waals surface area contributed by atoms with E-state index in [4.69, 9.17) is 9.84 Å². The lowest BCUT2D eigenvalue weighted by Gasteiger charge is -2.22. The number of carboxylic acids is 1. The van der Waals surface area contributed by atoms with E-state index in [-0.39, 0.29) is 24.5 Å². The molecule has 1 rings (SSSR count). The molecule has 0 radical (unpaired) electrons. The number of nitrogens with zero attached hydrogens (tertiary/aromatic N) is 1. The summed E-state index contributed by atoms with van der Waals surface area (Å²) in [5, 5.41) is 8.51. The largest absolute Gasteiger partial charge is 0.481 e. The van der Waals surface area contributed by atoms with Crippen LogP contribution in [0.15, 0.2) is 0 Å². The maximum absolute atomic E-state index is 12.0. The first-order valence-corrected chi connectivity index (χ1v) is 7.84. The molecule has 0 aromatic heterocycles. The second kappa shape index (κ2) is 7.06. The van der Waals surface area contributed by atoms with Crippen molar-refractivity contribution in [1.82, 2.24) is 4.31 Å². The minimum atomic E-state index is -3.34. The predicted molar refractivity (Wildman–Crippen MR) is 66.8 cm³/mol. The Balaban J connectivity index is 2.47. The van der Waals surface area contributed by atoms with Gasteiger partial charge < -0.3 is 9.84 Å². The third kappa shape index (κ3) is 4.91. The van der Waals surface area contributed by atoms with Crippen molar-refractivity contribution >= 4 is 16.0 Å². The van der Waals surface area contributed by atoms with Crippen molar-refractivity contribution in [2.45, 2.75) is 26.2 Å². The van der Waals surface area contributed by atoms with Crippen molar-refractivity contribution in [1.29, 1.82) is 0 Å². The lowest BCUT2D eigenvalue weighted by atomic mass is 10.1. The fourth-order valence-electron chi connectivity index (χ4n) is 1.99. The molecule has 7 heteroatoms. The van der Waals surface area contributed by atoms with Crippen LogP contribution in [0.1, 0.15) is 26.2 Å². The zero-order valence-corrected chi connectivity index (χ0v) is 11.5. The number of carbonyl (C=O) groups is 1. The summed E-state index contributed by atoms with van der Waals surface area (Å²) in [4.78, 5) is 10.4. The van der Waals surface area contributed by atoms with Gasteiger partial charge in [-0.25, -0.2) is 12.7 Å².